The summed E-state index contributed by atoms with van der Waals surface area (Å²) in [4.78, 5) is 21.6. The van der Waals surface area contributed by atoms with Crippen LogP contribution in [0, 0.1) is 0 Å². The van der Waals surface area contributed by atoms with Crippen LogP contribution in [0.2, 0.25) is 0 Å². The lowest BCUT2D eigenvalue weighted by atomic mass is 10.1. The van der Waals surface area contributed by atoms with Gasteiger partial charge in [0, 0.05) is 38.0 Å². The molecule has 0 bridgehead atoms. The van der Waals surface area contributed by atoms with Gasteiger partial charge in [0.1, 0.15) is 6.04 Å². The molecule has 0 aliphatic carbocycles. The lowest BCUT2D eigenvalue weighted by molar-refractivity contribution is -0.138. The van der Waals surface area contributed by atoms with Crippen molar-refractivity contribution in [1.82, 2.24) is 15.2 Å². The van der Waals surface area contributed by atoms with Crippen LogP contribution >= 0.6 is 11.8 Å². The Hall–Kier alpha value is -1.64. The number of thioether (sulfide) groups is 1. The van der Waals surface area contributed by atoms with E-state index in [0.717, 1.165) is 24.0 Å². The molecule has 1 atom stereocenters. The maximum atomic E-state index is 10.8. The number of carbonyl (C=O) groups is 1. The second kappa shape index (κ2) is 10.2. The summed E-state index contributed by atoms with van der Waals surface area (Å²) < 4.78 is 0. The standard InChI is InChI=1S/C15H25N5O2S/c1-17-15(18-7-8-20(2)3)23-10-12-6-4-5-11(19-12)9-13(16)14(21)22/h4-6,13H,7-10,16H2,1-3H3,(H,17,18)(H,21,22). The normalized spacial score (nSPS) is 13.2. The van der Waals surface area contributed by atoms with Gasteiger partial charge in [-0.1, -0.05) is 17.8 Å². The summed E-state index contributed by atoms with van der Waals surface area (Å²) in [7, 11) is 5.80. The average Bonchev–Trinajstić information content (AvgIpc) is 2.50. The number of carboxylic acids is 1. The van der Waals surface area contributed by atoms with Gasteiger partial charge in [-0.05, 0) is 26.2 Å². The van der Waals surface area contributed by atoms with Crippen molar-refractivity contribution < 1.29 is 9.90 Å². The summed E-state index contributed by atoms with van der Waals surface area (Å²) in [6.45, 7) is 1.76. The number of hydrogen-bond acceptors (Lipinski definition) is 6. The number of aromatic nitrogens is 1. The van der Waals surface area contributed by atoms with E-state index in [1.165, 1.54) is 0 Å². The van der Waals surface area contributed by atoms with Crippen molar-refractivity contribution in [3.8, 4) is 0 Å². The van der Waals surface area contributed by atoms with Crippen LogP contribution in [0.15, 0.2) is 23.2 Å². The number of carboxylic acid groups (broad SMARTS) is 1. The second-order valence-corrected chi connectivity index (χ2v) is 6.28. The number of pyridine rings is 1. The number of hydrogen-bond donors (Lipinski definition) is 3. The highest BCUT2D eigenvalue weighted by atomic mass is 32.2. The predicted molar refractivity (Wildman–Crippen MR) is 94.8 cm³/mol. The minimum atomic E-state index is -1.02. The summed E-state index contributed by atoms with van der Waals surface area (Å²) in [6.07, 6.45) is 0.226. The maximum Gasteiger partial charge on any atom is 0.320 e. The third-order valence-corrected chi connectivity index (χ3v) is 4.05. The van der Waals surface area contributed by atoms with E-state index >= 15 is 0 Å². The topological polar surface area (TPSA) is 104 Å². The Bertz CT molecular complexity index is 536. The van der Waals surface area contributed by atoms with Gasteiger partial charge in [-0.3, -0.25) is 14.8 Å². The zero-order valence-corrected chi connectivity index (χ0v) is 14.6. The molecule has 0 saturated heterocycles. The van der Waals surface area contributed by atoms with Crippen LogP contribution in [0.25, 0.3) is 0 Å². The molecule has 1 heterocycles. The number of likely N-dealkylation sites (N-methyl/N-ethyl adjacent to an activating group) is 1. The fourth-order valence-electron chi connectivity index (χ4n) is 1.76. The first kappa shape index (κ1) is 19.4. The van der Waals surface area contributed by atoms with Gasteiger partial charge in [0.2, 0.25) is 0 Å². The molecule has 1 rings (SSSR count). The lowest BCUT2D eigenvalue weighted by Gasteiger charge is -2.12. The molecule has 1 aromatic heterocycles. The predicted octanol–water partition coefficient (Wildman–Crippen LogP) is 0.406. The minimum Gasteiger partial charge on any atom is -0.480 e. The number of aliphatic imine (C=N–C) groups is 1. The first-order valence-corrected chi connectivity index (χ1v) is 8.32. The molecule has 4 N–H and O–H groups in total. The average molecular weight is 339 g/mol. The smallest absolute Gasteiger partial charge is 0.320 e. The van der Waals surface area contributed by atoms with E-state index < -0.39 is 12.0 Å². The van der Waals surface area contributed by atoms with E-state index in [4.69, 9.17) is 10.8 Å². The van der Waals surface area contributed by atoms with Crippen molar-refractivity contribution >= 4 is 22.9 Å². The molecule has 8 heteroatoms. The van der Waals surface area contributed by atoms with Crippen LogP contribution in [-0.2, 0) is 17.0 Å². The number of nitrogens with zero attached hydrogens (tertiary/aromatic N) is 3. The monoisotopic (exact) mass is 339 g/mol. The van der Waals surface area contributed by atoms with E-state index in [2.05, 4.69) is 20.2 Å². The first-order chi connectivity index (χ1) is 10.9. The highest BCUT2D eigenvalue weighted by Crippen LogP contribution is 2.12. The van der Waals surface area contributed by atoms with Gasteiger partial charge < -0.3 is 21.1 Å². The molecule has 0 aliphatic heterocycles. The van der Waals surface area contributed by atoms with Crippen molar-refractivity contribution in [2.75, 3.05) is 34.2 Å². The van der Waals surface area contributed by atoms with Crippen LogP contribution in [0.5, 0.6) is 0 Å². The Balaban J connectivity index is 2.52. The molecule has 0 saturated carbocycles. The van der Waals surface area contributed by atoms with Gasteiger partial charge in [0.15, 0.2) is 5.17 Å². The largest absolute Gasteiger partial charge is 0.480 e. The Labute approximate surface area is 141 Å². The van der Waals surface area contributed by atoms with Crippen LogP contribution in [-0.4, -0.2) is 66.4 Å². The Kier molecular flexibility index (Phi) is 8.60. The van der Waals surface area contributed by atoms with Crippen molar-refractivity contribution in [3.63, 3.8) is 0 Å². The molecule has 23 heavy (non-hydrogen) atoms. The van der Waals surface area contributed by atoms with Crippen molar-refractivity contribution in [3.05, 3.63) is 29.6 Å². The number of aliphatic carboxylic acids is 1. The number of nitrogens with two attached hydrogens (primary N) is 1. The Morgan fingerprint density at radius 3 is 2.78 bits per heavy atom. The molecular formula is C15H25N5O2S. The quantitative estimate of drug-likeness (QED) is 0.465. The molecule has 0 amide bonds. The summed E-state index contributed by atoms with van der Waals surface area (Å²) in [5, 5.41) is 13.0. The van der Waals surface area contributed by atoms with Crippen molar-refractivity contribution in [1.29, 1.82) is 0 Å². The fraction of sp³-hybridized carbons (Fsp3) is 0.533. The van der Waals surface area contributed by atoms with Gasteiger partial charge in [-0.25, -0.2) is 0 Å². The summed E-state index contributed by atoms with van der Waals surface area (Å²) in [6, 6.07) is 4.65. The van der Waals surface area contributed by atoms with Crippen LogP contribution in [0.1, 0.15) is 11.4 Å². The van der Waals surface area contributed by atoms with E-state index in [1.807, 2.05) is 26.2 Å². The Morgan fingerprint density at radius 1 is 1.48 bits per heavy atom. The summed E-state index contributed by atoms with van der Waals surface area (Å²) >= 11 is 1.57. The second-order valence-electron chi connectivity index (χ2n) is 5.32. The first-order valence-electron chi connectivity index (χ1n) is 7.33. The molecule has 0 spiro atoms. The number of amidine groups is 1. The van der Waals surface area contributed by atoms with E-state index in [0.29, 0.717) is 11.4 Å². The number of nitrogens with one attached hydrogen (secondary N) is 1. The maximum absolute atomic E-state index is 10.8. The van der Waals surface area contributed by atoms with E-state index in [1.54, 1.807) is 24.9 Å². The van der Waals surface area contributed by atoms with Gasteiger partial charge >= 0.3 is 5.97 Å². The van der Waals surface area contributed by atoms with Crippen molar-refractivity contribution in [2.45, 2.75) is 18.2 Å². The molecule has 0 aromatic carbocycles. The number of rotatable bonds is 8. The minimum absolute atomic E-state index is 0.226. The molecule has 0 fully saturated rings. The van der Waals surface area contributed by atoms with Gasteiger partial charge in [-0.2, -0.15) is 0 Å². The molecule has 0 radical (unpaired) electrons. The van der Waals surface area contributed by atoms with Crippen LogP contribution < -0.4 is 11.1 Å². The summed E-state index contributed by atoms with van der Waals surface area (Å²) in [5.74, 6) is -0.352. The van der Waals surface area contributed by atoms with E-state index in [-0.39, 0.29) is 6.42 Å². The lowest BCUT2D eigenvalue weighted by Crippen LogP contribution is -2.32. The molecule has 0 aliphatic rings. The zero-order valence-electron chi connectivity index (χ0n) is 13.8. The van der Waals surface area contributed by atoms with Crippen LogP contribution in [0.3, 0.4) is 0 Å². The summed E-state index contributed by atoms with van der Waals surface area (Å²) in [5.41, 5.74) is 7.11. The third-order valence-electron chi connectivity index (χ3n) is 3.01. The molecule has 1 aromatic rings. The van der Waals surface area contributed by atoms with E-state index in [9.17, 15) is 4.79 Å². The molecule has 128 valence electrons. The molecule has 7 nitrogen and oxygen atoms in total. The third kappa shape index (κ3) is 7.96. The fourth-order valence-corrected chi connectivity index (χ4v) is 2.54. The van der Waals surface area contributed by atoms with Gasteiger partial charge in [0.05, 0.1) is 5.69 Å². The highest BCUT2D eigenvalue weighted by molar-refractivity contribution is 8.13. The van der Waals surface area contributed by atoms with Gasteiger partial charge in [-0.15, -0.1) is 0 Å². The SMILES string of the molecule is CN=C(NCCN(C)C)SCc1cccc(CC(N)C(=O)O)n1. The molecular weight excluding hydrogens is 314 g/mol. The highest BCUT2D eigenvalue weighted by Gasteiger charge is 2.13. The zero-order chi connectivity index (χ0) is 17.2. The van der Waals surface area contributed by atoms with Gasteiger partial charge in [0.25, 0.3) is 0 Å². The Morgan fingerprint density at radius 2 is 2.17 bits per heavy atom. The molecule has 1 unspecified atom stereocenters. The van der Waals surface area contributed by atoms with Crippen LogP contribution in [0.4, 0.5) is 0 Å². The van der Waals surface area contributed by atoms with Crippen molar-refractivity contribution in [2.24, 2.45) is 10.7 Å².